The second-order valence-corrected chi connectivity index (χ2v) is 8.28. The van der Waals surface area contributed by atoms with Gasteiger partial charge in [0.15, 0.2) is 16.4 Å². The van der Waals surface area contributed by atoms with E-state index in [0.717, 1.165) is 24.3 Å². The third-order valence-corrected chi connectivity index (χ3v) is 5.51. The summed E-state index contributed by atoms with van der Waals surface area (Å²) in [6.07, 6.45) is -4.58. The van der Waals surface area contributed by atoms with E-state index in [1.165, 1.54) is 0 Å². The number of nitrogens with one attached hydrogen (secondary N) is 1. The highest BCUT2D eigenvalue weighted by Gasteiger charge is 2.39. The molecule has 0 saturated carbocycles. The van der Waals surface area contributed by atoms with E-state index in [1.54, 1.807) is 6.92 Å². The van der Waals surface area contributed by atoms with Gasteiger partial charge in [-0.15, -0.1) is 13.2 Å². The first-order valence-corrected chi connectivity index (χ1v) is 9.24. The van der Waals surface area contributed by atoms with Crippen LogP contribution in [0.25, 0.3) is 0 Å². The second kappa shape index (κ2) is 7.14. The van der Waals surface area contributed by atoms with Crippen LogP contribution in [0, 0.1) is 0 Å². The number of hydrogen-bond donors (Lipinski definition) is 1. The first-order valence-electron chi connectivity index (χ1n) is 7.42. The summed E-state index contributed by atoms with van der Waals surface area (Å²) >= 11 is 0. The van der Waals surface area contributed by atoms with E-state index in [0.29, 0.717) is 0 Å². The highest BCUT2D eigenvalue weighted by atomic mass is 32.2. The van der Waals surface area contributed by atoms with Gasteiger partial charge in [0.2, 0.25) is 0 Å². The van der Waals surface area contributed by atoms with Crippen LogP contribution in [0.1, 0.15) is 23.7 Å². The molecule has 26 heavy (non-hydrogen) atoms. The largest absolute Gasteiger partial charge is 0.573 e. The molecule has 1 N–H and O–H groups in total. The van der Waals surface area contributed by atoms with Crippen LogP contribution in [-0.4, -0.2) is 50.3 Å². The van der Waals surface area contributed by atoms with Crippen LogP contribution >= 0.6 is 0 Å². The Kier molecular flexibility index (Phi) is 5.49. The molecule has 11 heteroatoms. The Morgan fingerprint density at radius 3 is 2.35 bits per heavy atom. The molecule has 1 amide bonds. The second-order valence-electron chi connectivity index (χ2n) is 6.10. The number of hydrogen-bond acceptors (Lipinski definition) is 6. The maximum absolute atomic E-state index is 12.1. The van der Waals surface area contributed by atoms with Gasteiger partial charge >= 0.3 is 12.3 Å². The molecule has 1 heterocycles. The van der Waals surface area contributed by atoms with E-state index in [4.69, 9.17) is 4.74 Å². The Morgan fingerprint density at radius 1 is 1.23 bits per heavy atom. The number of alkyl halides is 3. The monoisotopic (exact) mass is 395 g/mol. The molecule has 1 aromatic rings. The summed E-state index contributed by atoms with van der Waals surface area (Å²) < 4.78 is 67.6. The Balaban J connectivity index is 1.85. The molecule has 1 aliphatic rings. The Morgan fingerprint density at radius 2 is 1.85 bits per heavy atom. The van der Waals surface area contributed by atoms with Crippen LogP contribution < -0.4 is 10.1 Å². The van der Waals surface area contributed by atoms with Gasteiger partial charge < -0.3 is 14.8 Å². The van der Waals surface area contributed by atoms with Crippen LogP contribution in [0.4, 0.5) is 13.2 Å². The van der Waals surface area contributed by atoms with E-state index in [-0.39, 0.29) is 23.5 Å². The van der Waals surface area contributed by atoms with Crippen molar-refractivity contribution in [2.45, 2.75) is 25.2 Å². The summed E-state index contributed by atoms with van der Waals surface area (Å²) in [6, 6.07) is 4.00. The first kappa shape index (κ1) is 20.0. The molecule has 1 atom stereocenters. The van der Waals surface area contributed by atoms with Crippen LogP contribution in [0.15, 0.2) is 24.3 Å². The molecule has 0 aliphatic carbocycles. The van der Waals surface area contributed by atoms with Gasteiger partial charge in [0.25, 0.3) is 5.91 Å². The minimum atomic E-state index is -4.84. The summed E-state index contributed by atoms with van der Waals surface area (Å²) in [7, 11) is -3.21. The van der Waals surface area contributed by atoms with Gasteiger partial charge in [-0.25, -0.2) is 13.2 Å². The Bertz CT molecular complexity index is 791. The number of rotatable bonds is 5. The van der Waals surface area contributed by atoms with Crippen LogP contribution in [0.3, 0.4) is 0 Å². The number of amides is 1. The number of halogens is 3. The zero-order chi connectivity index (χ0) is 19.6. The maximum Gasteiger partial charge on any atom is 0.573 e. The highest BCUT2D eigenvalue weighted by Crippen LogP contribution is 2.23. The zero-order valence-electron chi connectivity index (χ0n) is 13.6. The van der Waals surface area contributed by atoms with Gasteiger partial charge in [0.1, 0.15) is 5.75 Å². The van der Waals surface area contributed by atoms with Crippen molar-refractivity contribution in [3.63, 3.8) is 0 Å². The van der Waals surface area contributed by atoms with Crippen molar-refractivity contribution >= 4 is 21.7 Å². The van der Waals surface area contributed by atoms with E-state index in [2.05, 4.69) is 10.1 Å². The molecule has 0 radical (unpaired) electrons. The van der Waals surface area contributed by atoms with Crippen molar-refractivity contribution in [1.29, 1.82) is 0 Å². The van der Waals surface area contributed by atoms with Crippen molar-refractivity contribution in [2.75, 3.05) is 18.1 Å². The molecule has 1 saturated heterocycles. The number of esters is 1. The minimum absolute atomic E-state index is 0.0318. The van der Waals surface area contributed by atoms with Gasteiger partial charge in [0, 0.05) is 0 Å². The third-order valence-electron chi connectivity index (χ3n) is 3.60. The molecular formula is C15H16F3NO6S. The third kappa shape index (κ3) is 5.90. The van der Waals surface area contributed by atoms with E-state index >= 15 is 0 Å². The van der Waals surface area contributed by atoms with Crippen molar-refractivity contribution in [2.24, 2.45) is 0 Å². The molecule has 2 rings (SSSR count). The van der Waals surface area contributed by atoms with Gasteiger partial charge in [-0.05, 0) is 37.6 Å². The summed E-state index contributed by atoms with van der Waals surface area (Å²) in [5.74, 6) is -2.31. The van der Waals surface area contributed by atoms with Gasteiger partial charge in [-0.3, -0.25) is 4.79 Å². The number of ether oxygens (including phenoxy) is 2. The summed E-state index contributed by atoms with van der Waals surface area (Å²) in [6.45, 7) is 0.936. The lowest BCUT2D eigenvalue weighted by atomic mass is 10.0. The Labute approximate surface area is 147 Å². The van der Waals surface area contributed by atoms with Crippen molar-refractivity contribution in [3.8, 4) is 5.75 Å². The lowest BCUT2D eigenvalue weighted by Crippen LogP contribution is -2.48. The zero-order valence-corrected chi connectivity index (χ0v) is 14.4. The Hall–Kier alpha value is -2.30. The first-order chi connectivity index (χ1) is 11.9. The fraction of sp³-hybridized carbons (Fsp3) is 0.467. The smallest absolute Gasteiger partial charge is 0.452 e. The van der Waals surface area contributed by atoms with Gasteiger partial charge in [-0.1, -0.05) is 0 Å². The number of sulfone groups is 1. The molecule has 1 fully saturated rings. The molecule has 144 valence electrons. The van der Waals surface area contributed by atoms with Crippen LogP contribution in [-0.2, 0) is 19.4 Å². The molecule has 1 aromatic carbocycles. The fourth-order valence-corrected chi connectivity index (χ4v) is 4.58. The van der Waals surface area contributed by atoms with Crippen molar-refractivity contribution < 1.29 is 40.7 Å². The lowest BCUT2D eigenvalue weighted by molar-refractivity contribution is -0.274. The summed E-state index contributed by atoms with van der Waals surface area (Å²) in [5.41, 5.74) is -0.985. The van der Waals surface area contributed by atoms with Gasteiger partial charge in [0.05, 0.1) is 22.6 Å². The number of benzene rings is 1. The van der Waals surface area contributed by atoms with Crippen LogP contribution in [0.2, 0.25) is 0 Å². The summed E-state index contributed by atoms with van der Waals surface area (Å²) in [4.78, 5) is 23.6. The highest BCUT2D eigenvalue weighted by molar-refractivity contribution is 7.91. The minimum Gasteiger partial charge on any atom is -0.452 e. The average Bonchev–Trinajstić information content (AvgIpc) is 2.77. The molecular weight excluding hydrogens is 379 g/mol. The van der Waals surface area contributed by atoms with E-state index in [1.807, 2.05) is 0 Å². The normalized spacial score (nSPS) is 21.8. The molecule has 0 bridgehead atoms. The topological polar surface area (TPSA) is 98.8 Å². The SMILES string of the molecule is C[C@]1(NC(=O)COC(=O)c2ccc(OC(F)(F)F)cc2)CCS(=O)(=O)C1. The van der Waals surface area contributed by atoms with Gasteiger partial charge in [-0.2, -0.15) is 0 Å². The fourth-order valence-electron chi connectivity index (χ4n) is 2.49. The maximum atomic E-state index is 12.1. The predicted molar refractivity (Wildman–Crippen MR) is 83.2 cm³/mol. The van der Waals surface area contributed by atoms with E-state index in [9.17, 15) is 31.2 Å². The van der Waals surface area contributed by atoms with Crippen LogP contribution in [0.5, 0.6) is 5.75 Å². The van der Waals surface area contributed by atoms with E-state index < -0.39 is 46.0 Å². The molecule has 0 unspecified atom stereocenters. The quantitative estimate of drug-likeness (QED) is 0.758. The molecule has 0 aromatic heterocycles. The molecule has 0 spiro atoms. The molecule has 7 nitrogen and oxygen atoms in total. The predicted octanol–water partition coefficient (Wildman–Crippen LogP) is 1.44. The van der Waals surface area contributed by atoms with Crippen molar-refractivity contribution in [1.82, 2.24) is 5.32 Å². The molecule has 1 aliphatic heterocycles. The number of carbonyl (C=O) groups is 2. The number of carbonyl (C=O) groups excluding carboxylic acids is 2. The standard InChI is InChI=1S/C15H16F3NO6S/c1-14(6-7-26(22,23)9-14)19-12(20)8-24-13(21)10-2-4-11(5-3-10)25-15(16,17)18/h2-5H,6-9H2,1H3,(H,19,20)/t14-/m0/s1. The van der Waals surface area contributed by atoms with Crippen molar-refractivity contribution in [3.05, 3.63) is 29.8 Å². The average molecular weight is 395 g/mol. The lowest BCUT2D eigenvalue weighted by Gasteiger charge is -2.23. The summed E-state index contributed by atoms with van der Waals surface area (Å²) in [5, 5.41) is 2.51.